The zero-order chi connectivity index (χ0) is 16.9. The Hall–Kier alpha value is -1.25. The first-order valence-electron chi connectivity index (χ1n) is 9.65. The summed E-state index contributed by atoms with van der Waals surface area (Å²) >= 11 is 0. The summed E-state index contributed by atoms with van der Waals surface area (Å²) < 4.78 is 19.7. The molecule has 0 aromatic carbocycles. The highest BCUT2D eigenvalue weighted by molar-refractivity contribution is 5.29. The average molecular weight is 349 g/mol. The summed E-state index contributed by atoms with van der Waals surface area (Å²) in [7, 11) is 0. The van der Waals surface area contributed by atoms with Crippen molar-refractivity contribution in [3.8, 4) is 0 Å². The molecule has 0 radical (unpaired) electrons. The van der Waals surface area contributed by atoms with E-state index in [4.69, 9.17) is 14.2 Å². The SMILES string of the molecule is CC1(C2CCN(c3nnnn3C3COC(C4CC4)C3)CC2)OCCO1. The standard InChI is InChI=1S/C17H27N5O3/c1-17(24-8-9-25-17)13-4-6-21(7-5-13)16-18-19-20-22(16)14-10-15(23-11-14)12-2-3-12/h12-15H,2-11H2,1H3. The number of aromatic nitrogens is 4. The Morgan fingerprint density at radius 2 is 1.84 bits per heavy atom. The maximum Gasteiger partial charge on any atom is 0.245 e. The van der Waals surface area contributed by atoms with Gasteiger partial charge in [-0.15, -0.1) is 0 Å². The summed E-state index contributed by atoms with van der Waals surface area (Å²) in [5.41, 5.74) is 0. The summed E-state index contributed by atoms with van der Waals surface area (Å²) in [6, 6.07) is 0.271. The highest BCUT2D eigenvalue weighted by atomic mass is 16.7. The molecule has 0 spiro atoms. The van der Waals surface area contributed by atoms with Crippen LogP contribution in [0.25, 0.3) is 0 Å². The maximum absolute atomic E-state index is 5.99. The Labute approximate surface area is 147 Å². The van der Waals surface area contributed by atoms with Gasteiger partial charge in [0, 0.05) is 19.0 Å². The highest BCUT2D eigenvalue weighted by Crippen LogP contribution is 2.42. The molecule has 8 heteroatoms. The van der Waals surface area contributed by atoms with E-state index >= 15 is 0 Å². The second-order valence-corrected chi connectivity index (χ2v) is 8.00. The number of rotatable bonds is 4. The molecule has 0 N–H and O–H groups in total. The van der Waals surface area contributed by atoms with Crippen LogP contribution in [0.1, 0.15) is 45.1 Å². The third-order valence-electron chi connectivity index (χ3n) is 6.36. The van der Waals surface area contributed by atoms with E-state index in [0.717, 1.165) is 50.8 Å². The van der Waals surface area contributed by atoms with E-state index in [-0.39, 0.29) is 6.04 Å². The van der Waals surface area contributed by atoms with Crippen LogP contribution in [0.4, 0.5) is 5.95 Å². The molecule has 1 aromatic rings. The van der Waals surface area contributed by atoms with Gasteiger partial charge in [0.05, 0.1) is 32.0 Å². The molecule has 25 heavy (non-hydrogen) atoms. The fourth-order valence-corrected chi connectivity index (χ4v) is 4.61. The van der Waals surface area contributed by atoms with Gasteiger partial charge < -0.3 is 19.1 Å². The summed E-state index contributed by atoms with van der Waals surface area (Å²) in [5.74, 6) is 1.69. The maximum atomic E-state index is 5.99. The highest BCUT2D eigenvalue weighted by Gasteiger charge is 2.43. The summed E-state index contributed by atoms with van der Waals surface area (Å²) in [4.78, 5) is 2.30. The van der Waals surface area contributed by atoms with Crippen LogP contribution >= 0.6 is 0 Å². The van der Waals surface area contributed by atoms with Gasteiger partial charge in [0.25, 0.3) is 0 Å². The Kier molecular flexibility index (Phi) is 3.94. The van der Waals surface area contributed by atoms with E-state index in [1.807, 2.05) is 4.68 Å². The van der Waals surface area contributed by atoms with Gasteiger partial charge in [-0.05, 0) is 55.4 Å². The quantitative estimate of drug-likeness (QED) is 0.813. The Balaban J connectivity index is 1.24. The molecule has 4 fully saturated rings. The Morgan fingerprint density at radius 1 is 1.08 bits per heavy atom. The first-order chi connectivity index (χ1) is 12.2. The van der Waals surface area contributed by atoms with E-state index in [2.05, 4.69) is 27.3 Å². The molecule has 138 valence electrons. The predicted octanol–water partition coefficient (Wildman–Crippen LogP) is 1.39. The van der Waals surface area contributed by atoms with Crippen molar-refractivity contribution in [2.45, 2.75) is 57.0 Å². The van der Waals surface area contributed by atoms with Gasteiger partial charge >= 0.3 is 0 Å². The molecule has 2 unspecified atom stereocenters. The van der Waals surface area contributed by atoms with E-state index < -0.39 is 5.79 Å². The van der Waals surface area contributed by atoms with Gasteiger partial charge in [-0.3, -0.25) is 0 Å². The van der Waals surface area contributed by atoms with Crippen molar-refractivity contribution in [1.82, 2.24) is 20.2 Å². The van der Waals surface area contributed by atoms with Crippen molar-refractivity contribution in [1.29, 1.82) is 0 Å². The molecule has 3 aliphatic heterocycles. The normalized spacial score (nSPS) is 33.2. The molecule has 0 amide bonds. The lowest BCUT2D eigenvalue weighted by molar-refractivity contribution is -0.185. The number of piperidine rings is 1. The lowest BCUT2D eigenvalue weighted by atomic mass is 9.89. The van der Waals surface area contributed by atoms with Crippen molar-refractivity contribution in [3.63, 3.8) is 0 Å². The second-order valence-electron chi connectivity index (χ2n) is 8.00. The smallest absolute Gasteiger partial charge is 0.245 e. The minimum atomic E-state index is -0.408. The van der Waals surface area contributed by atoms with Crippen molar-refractivity contribution in [2.24, 2.45) is 11.8 Å². The molecule has 1 saturated carbocycles. The summed E-state index contributed by atoms with van der Waals surface area (Å²) in [5, 5.41) is 12.6. The lowest BCUT2D eigenvalue weighted by Gasteiger charge is -2.39. The van der Waals surface area contributed by atoms with Crippen molar-refractivity contribution in [2.75, 3.05) is 37.8 Å². The molecular formula is C17H27N5O3. The number of hydrogen-bond acceptors (Lipinski definition) is 7. The van der Waals surface area contributed by atoms with Gasteiger partial charge in [0.2, 0.25) is 5.95 Å². The second kappa shape index (κ2) is 6.17. The van der Waals surface area contributed by atoms with Crippen LogP contribution < -0.4 is 4.90 Å². The predicted molar refractivity (Wildman–Crippen MR) is 89.2 cm³/mol. The van der Waals surface area contributed by atoms with Crippen LogP contribution in [0.15, 0.2) is 0 Å². The van der Waals surface area contributed by atoms with Crippen LogP contribution in [0.3, 0.4) is 0 Å². The van der Waals surface area contributed by atoms with Crippen LogP contribution in [0, 0.1) is 11.8 Å². The fraction of sp³-hybridized carbons (Fsp3) is 0.941. The number of hydrogen-bond donors (Lipinski definition) is 0. The molecular weight excluding hydrogens is 322 g/mol. The molecule has 2 atom stereocenters. The van der Waals surface area contributed by atoms with Gasteiger partial charge in [-0.1, -0.05) is 5.10 Å². The number of anilines is 1. The van der Waals surface area contributed by atoms with E-state index in [1.165, 1.54) is 12.8 Å². The third-order valence-corrected chi connectivity index (χ3v) is 6.36. The Morgan fingerprint density at radius 3 is 2.56 bits per heavy atom. The van der Waals surface area contributed by atoms with E-state index in [0.29, 0.717) is 25.2 Å². The average Bonchev–Trinajstić information content (AvgIpc) is 3.06. The van der Waals surface area contributed by atoms with Crippen molar-refractivity contribution >= 4 is 5.95 Å². The van der Waals surface area contributed by atoms with Crippen LogP contribution in [0.5, 0.6) is 0 Å². The first-order valence-corrected chi connectivity index (χ1v) is 9.65. The first kappa shape index (κ1) is 16.0. The molecule has 4 heterocycles. The Bertz CT molecular complexity index is 605. The topological polar surface area (TPSA) is 74.5 Å². The van der Waals surface area contributed by atoms with Crippen molar-refractivity contribution in [3.05, 3.63) is 0 Å². The van der Waals surface area contributed by atoms with Crippen molar-refractivity contribution < 1.29 is 14.2 Å². The van der Waals surface area contributed by atoms with Gasteiger partial charge in [0.1, 0.15) is 0 Å². The van der Waals surface area contributed by atoms with E-state index in [9.17, 15) is 0 Å². The summed E-state index contributed by atoms with van der Waals surface area (Å²) in [6.45, 7) is 6.10. The van der Waals surface area contributed by atoms with E-state index in [1.54, 1.807) is 0 Å². The number of nitrogens with zero attached hydrogens (tertiary/aromatic N) is 5. The minimum Gasteiger partial charge on any atom is -0.376 e. The lowest BCUT2D eigenvalue weighted by Crippen LogP contribution is -2.45. The largest absolute Gasteiger partial charge is 0.376 e. The zero-order valence-corrected chi connectivity index (χ0v) is 14.8. The monoisotopic (exact) mass is 349 g/mol. The van der Waals surface area contributed by atoms with Gasteiger partial charge in [0.15, 0.2) is 5.79 Å². The molecule has 4 aliphatic rings. The van der Waals surface area contributed by atoms with Crippen LogP contribution in [0.2, 0.25) is 0 Å². The van der Waals surface area contributed by atoms with Gasteiger partial charge in [-0.25, -0.2) is 4.68 Å². The molecule has 0 bridgehead atoms. The molecule has 3 saturated heterocycles. The molecule has 5 rings (SSSR count). The minimum absolute atomic E-state index is 0.271. The summed E-state index contributed by atoms with van der Waals surface area (Å²) in [6.07, 6.45) is 6.15. The number of ether oxygens (including phenoxy) is 3. The molecule has 1 aliphatic carbocycles. The third kappa shape index (κ3) is 2.94. The zero-order valence-electron chi connectivity index (χ0n) is 14.8. The fourth-order valence-electron chi connectivity index (χ4n) is 4.61. The number of tetrazole rings is 1. The van der Waals surface area contributed by atoms with Gasteiger partial charge in [-0.2, -0.15) is 0 Å². The molecule has 1 aromatic heterocycles. The van der Waals surface area contributed by atoms with Crippen LogP contribution in [-0.2, 0) is 14.2 Å². The van der Waals surface area contributed by atoms with Crippen LogP contribution in [-0.4, -0.2) is 65.0 Å². The molecule has 8 nitrogen and oxygen atoms in total.